The number of benzene rings is 2. The number of hydrogen-bond acceptors (Lipinski definition) is 2. The summed E-state index contributed by atoms with van der Waals surface area (Å²) in [4.78, 5) is 7.21. The Labute approximate surface area is 147 Å². The van der Waals surface area contributed by atoms with Crippen LogP contribution in [-0.2, 0) is 0 Å². The molecule has 2 aromatic carbocycles. The van der Waals surface area contributed by atoms with Crippen LogP contribution >= 0.6 is 23.2 Å². The van der Waals surface area contributed by atoms with Crippen LogP contribution in [0.1, 0.15) is 16.7 Å². The standard InChI is InChI=1S/C19H20Cl2N2/c1-14-7-8-18-17(11-14)19(15-5-3-2-4-6-15)22-13-16(12-21)23(18)10-9-20/h2-8,11,16H,9-10,12-13H2,1H3. The summed E-state index contributed by atoms with van der Waals surface area (Å²) < 4.78 is 0. The second-order valence-corrected chi connectivity index (χ2v) is 6.45. The summed E-state index contributed by atoms with van der Waals surface area (Å²) in [5.41, 5.74) is 5.73. The van der Waals surface area contributed by atoms with Gasteiger partial charge in [0.1, 0.15) is 0 Å². The molecule has 0 fully saturated rings. The lowest BCUT2D eigenvalue weighted by Crippen LogP contribution is -2.40. The molecule has 0 bridgehead atoms. The number of aryl methyl sites for hydroxylation is 1. The van der Waals surface area contributed by atoms with Crippen molar-refractivity contribution in [1.82, 2.24) is 0 Å². The molecular formula is C19H20Cl2N2. The van der Waals surface area contributed by atoms with Gasteiger partial charge in [-0.15, -0.1) is 23.2 Å². The monoisotopic (exact) mass is 346 g/mol. The number of hydrogen-bond donors (Lipinski definition) is 0. The van der Waals surface area contributed by atoms with E-state index in [0.717, 1.165) is 23.4 Å². The predicted molar refractivity (Wildman–Crippen MR) is 101 cm³/mol. The molecule has 23 heavy (non-hydrogen) atoms. The molecule has 2 aromatic rings. The highest BCUT2D eigenvalue weighted by Crippen LogP contribution is 2.30. The first-order chi connectivity index (χ1) is 11.2. The summed E-state index contributed by atoms with van der Waals surface area (Å²) in [6, 6.07) is 17.0. The average molecular weight is 347 g/mol. The number of halogens is 2. The Balaban J connectivity index is 2.16. The van der Waals surface area contributed by atoms with Crippen LogP contribution in [-0.4, -0.2) is 36.6 Å². The lowest BCUT2D eigenvalue weighted by molar-refractivity contribution is 0.670. The predicted octanol–water partition coefficient (Wildman–Crippen LogP) is 4.50. The van der Waals surface area contributed by atoms with Gasteiger partial charge in [0.25, 0.3) is 0 Å². The van der Waals surface area contributed by atoms with Crippen LogP contribution < -0.4 is 4.90 Å². The number of alkyl halides is 2. The van der Waals surface area contributed by atoms with E-state index in [1.807, 2.05) is 18.2 Å². The Bertz CT molecular complexity index is 698. The molecule has 0 saturated carbocycles. The minimum absolute atomic E-state index is 0.165. The van der Waals surface area contributed by atoms with Gasteiger partial charge in [0.2, 0.25) is 0 Å². The summed E-state index contributed by atoms with van der Waals surface area (Å²) in [6.07, 6.45) is 0. The molecule has 0 amide bonds. The molecule has 1 aliphatic heterocycles. The van der Waals surface area contributed by atoms with E-state index in [0.29, 0.717) is 18.3 Å². The van der Waals surface area contributed by atoms with E-state index in [9.17, 15) is 0 Å². The van der Waals surface area contributed by atoms with Crippen molar-refractivity contribution in [3.05, 3.63) is 65.2 Å². The zero-order chi connectivity index (χ0) is 16.2. The lowest BCUT2D eigenvalue weighted by Gasteiger charge is -2.31. The van der Waals surface area contributed by atoms with E-state index in [1.54, 1.807) is 0 Å². The fourth-order valence-electron chi connectivity index (χ4n) is 3.04. The molecule has 3 rings (SSSR count). The summed E-state index contributed by atoms with van der Waals surface area (Å²) >= 11 is 12.3. The van der Waals surface area contributed by atoms with E-state index in [2.05, 4.69) is 42.2 Å². The topological polar surface area (TPSA) is 15.6 Å². The maximum absolute atomic E-state index is 6.22. The second-order valence-electron chi connectivity index (χ2n) is 5.77. The molecule has 0 aliphatic carbocycles. The molecule has 2 nitrogen and oxygen atoms in total. The van der Waals surface area contributed by atoms with Crippen molar-refractivity contribution in [3.8, 4) is 0 Å². The minimum atomic E-state index is 0.165. The first kappa shape index (κ1) is 16.4. The number of aliphatic imine (C=N–C) groups is 1. The van der Waals surface area contributed by atoms with Gasteiger partial charge in [-0.2, -0.15) is 0 Å². The van der Waals surface area contributed by atoms with Gasteiger partial charge < -0.3 is 4.90 Å². The molecule has 0 aromatic heterocycles. The molecule has 1 atom stereocenters. The van der Waals surface area contributed by atoms with E-state index in [4.69, 9.17) is 28.2 Å². The zero-order valence-electron chi connectivity index (χ0n) is 13.2. The molecule has 120 valence electrons. The number of benzodiazepines with no additional fused rings is 1. The molecule has 1 heterocycles. The number of anilines is 1. The average Bonchev–Trinajstić information content (AvgIpc) is 2.73. The van der Waals surface area contributed by atoms with E-state index in [1.165, 1.54) is 11.3 Å². The maximum atomic E-state index is 6.22. The Morgan fingerprint density at radius 2 is 1.91 bits per heavy atom. The number of rotatable bonds is 4. The molecule has 4 heteroatoms. The van der Waals surface area contributed by atoms with Crippen molar-refractivity contribution < 1.29 is 0 Å². The van der Waals surface area contributed by atoms with Gasteiger partial charge in [-0.3, -0.25) is 4.99 Å². The SMILES string of the molecule is Cc1ccc2c(c1)C(c1ccccc1)=NCC(CCl)N2CCCl. The van der Waals surface area contributed by atoms with Gasteiger partial charge in [0.15, 0.2) is 0 Å². The van der Waals surface area contributed by atoms with Gasteiger partial charge in [-0.05, 0) is 19.1 Å². The highest BCUT2D eigenvalue weighted by molar-refractivity contribution is 6.20. The van der Waals surface area contributed by atoms with Crippen molar-refractivity contribution in [2.75, 3.05) is 29.7 Å². The number of fused-ring (bicyclic) bond motifs is 1. The van der Waals surface area contributed by atoms with Crippen molar-refractivity contribution in [2.24, 2.45) is 4.99 Å². The van der Waals surface area contributed by atoms with Crippen LogP contribution in [0.5, 0.6) is 0 Å². The quantitative estimate of drug-likeness (QED) is 0.744. The Kier molecular flexibility index (Phi) is 5.24. The smallest absolute Gasteiger partial charge is 0.0740 e. The zero-order valence-corrected chi connectivity index (χ0v) is 14.7. The van der Waals surface area contributed by atoms with E-state index < -0.39 is 0 Å². The highest BCUT2D eigenvalue weighted by atomic mass is 35.5. The molecule has 0 N–H and O–H groups in total. The van der Waals surface area contributed by atoms with Gasteiger partial charge in [0, 0.05) is 35.1 Å². The Hall–Kier alpha value is -1.51. The normalized spacial score (nSPS) is 17.4. The second kappa shape index (κ2) is 7.37. The van der Waals surface area contributed by atoms with Crippen molar-refractivity contribution in [1.29, 1.82) is 0 Å². The van der Waals surface area contributed by atoms with Crippen LogP contribution in [0.25, 0.3) is 0 Å². The highest BCUT2D eigenvalue weighted by Gasteiger charge is 2.25. The van der Waals surface area contributed by atoms with Crippen molar-refractivity contribution >= 4 is 34.6 Å². The number of nitrogens with zero attached hydrogens (tertiary/aromatic N) is 2. The Morgan fingerprint density at radius 1 is 1.13 bits per heavy atom. The molecule has 1 aliphatic rings. The fraction of sp³-hybridized carbons (Fsp3) is 0.316. The third-order valence-electron chi connectivity index (χ3n) is 4.17. The van der Waals surface area contributed by atoms with Gasteiger partial charge >= 0.3 is 0 Å². The lowest BCUT2D eigenvalue weighted by atomic mass is 9.98. The van der Waals surface area contributed by atoms with Crippen LogP contribution in [0.15, 0.2) is 53.5 Å². The van der Waals surface area contributed by atoms with Crippen molar-refractivity contribution in [3.63, 3.8) is 0 Å². The fourth-order valence-corrected chi connectivity index (χ4v) is 3.48. The largest absolute Gasteiger partial charge is 0.364 e. The Morgan fingerprint density at radius 3 is 2.61 bits per heavy atom. The first-order valence-corrected chi connectivity index (χ1v) is 8.91. The summed E-state index contributed by atoms with van der Waals surface area (Å²) in [5, 5.41) is 0. The van der Waals surface area contributed by atoms with Gasteiger partial charge in [-0.25, -0.2) is 0 Å². The van der Waals surface area contributed by atoms with Gasteiger partial charge in [-0.1, -0.05) is 42.0 Å². The molecule has 0 saturated heterocycles. The third kappa shape index (κ3) is 3.39. The van der Waals surface area contributed by atoms with E-state index in [-0.39, 0.29) is 6.04 Å². The third-order valence-corrected chi connectivity index (χ3v) is 4.69. The van der Waals surface area contributed by atoms with Crippen LogP contribution in [0, 0.1) is 6.92 Å². The molecule has 0 radical (unpaired) electrons. The van der Waals surface area contributed by atoms with Crippen molar-refractivity contribution in [2.45, 2.75) is 13.0 Å². The summed E-state index contributed by atoms with van der Waals surface area (Å²) in [7, 11) is 0. The van der Waals surface area contributed by atoms with Gasteiger partial charge in [0.05, 0.1) is 18.3 Å². The maximum Gasteiger partial charge on any atom is 0.0740 e. The van der Waals surface area contributed by atoms with Crippen LogP contribution in [0.3, 0.4) is 0 Å². The summed E-state index contributed by atoms with van der Waals surface area (Å²) in [5.74, 6) is 1.11. The summed E-state index contributed by atoms with van der Waals surface area (Å²) in [6.45, 7) is 3.56. The first-order valence-electron chi connectivity index (χ1n) is 7.84. The molecule has 0 spiro atoms. The van der Waals surface area contributed by atoms with Crippen LogP contribution in [0.2, 0.25) is 0 Å². The van der Waals surface area contributed by atoms with E-state index >= 15 is 0 Å². The molecule has 1 unspecified atom stereocenters. The van der Waals surface area contributed by atoms with Crippen LogP contribution in [0.4, 0.5) is 5.69 Å². The molecular weight excluding hydrogens is 327 g/mol. The minimum Gasteiger partial charge on any atom is -0.364 e.